The number of fused-ring (bicyclic) bond motifs is 2. The maximum absolute atomic E-state index is 13.5. The SMILES string of the molecule is CC(c1cc(F)cc(F)c1)c1ccc2c(c1)Cc1ccccc1S2. The van der Waals surface area contributed by atoms with E-state index in [1.54, 1.807) is 11.8 Å². The molecule has 0 spiro atoms. The van der Waals surface area contributed by atoms with E-state index >= 15 is 0 Å². The van der Waals surface area contributed by atoms with Crippen LogP contribution in [0.25, 0.3) is 0 Å². The van der Waals surface area contributed by atoms with Crippen LogP contribution in [-0.2, 0) is 6.42 Å². The Balaban J connectivity index is 1.69. The molecule has 0 bridgehead atoms. The highest BCUT2D eigenvalue weighted by Crippen LogP contribution is 2.40. The zero-order chi connectivity index (χ0) is 16.7. The Hall–Kier alpha value is -2.13. The van der Waals surface area contributed by atoms with Crippen LogP contribution in [0.15, 0.2) is 70.5 Å². The van der Waals surface area contributed by atoms with Gasteiger partial charge in [-0.3, -0.25) is 0 Å². The summed E-state index contributed by atoms with van der Waals surface area (Å²) in [6, 6.07) is 18.5. The van der Waals surface area contributed by atoms with Gasteiger partial charge in [0.05, 0.1) is 0 Å². The average molecular weight is 338 g/mol. The molecular weight excluding hydrogens is 322 g/mol. The lowest BCUT2D eigenvalue weighted by Crippen LogP contribution is -2.03. The van der Waals surface area contributed by atoms with Crippen molar-refractivity contribution in [2.45, 2.75) is 29.1 Å². The van der Waals surface area contributed by atoms with Crippen LogP contribution < -0.4 is 0 Å². The van der Waals surface area contributed by atoms with E-state index in [1.165, 1.54) is 33.1 Å². The lowest BCUT2D eigenvalue weighted by molar-refractivity contribution is 0.578. The van der Waals surface area contributed by atoms with Crippen molar-refractivity contribution in [3.05, 3.63) is 94.6 Å². The van der Waals surface area contributed by atoms with Gasteiger partial charge in [-0.2, -0.15) is 0 Å². The molecule has 0 N–H and O–H groups in total. The van der Waals surface area contributed by atoms with Crippen molar-refractivity contribution in [2.24, 2.45) is 0 Å². The van der Waals surface area contributed by atoms with E-state index in [9.17, 15) is 8.78 Å². The summed E-state index contributed by atoms with van der Waals surface area (Å²) in [5.74, 6) is -1.11. The molecule has 0 radical (unpaired) electrons. The molecule has 3 heteroatoms. The summed E-state index contributed by atoms with van der Waals surface area (Å²) in [6.07, 6.45) is 0.899. The van der Waals surface area contributed by atoms with E-state index < -0.39 is 11.6 Å². The largest absolute Gasteiger partial charge is 0.207 e. The average Bonchev–Trinajstić information content (AvgIpc) is 2.58. The third-order valence-corrected chi connectivity index (χ3v) is 5.78. The van der Waals surface area contributed by atoms with Gasteiger partial charge in [0.1, 0.15) is 11.6 Å². The molecular formula is C21H16F2S. The normalized spacial score (nSPS) is 14.0. The molecule has 0 saturated heterocycles. The summed E-state index contributed by atoms with van der Waals surface area (Å²) in [4.78, 5) is 2.56. The van der Waals surface area contributed by atoms with E-state index in [0.29, 0.717) is 5.56 Å². The molecule has 3 aromatic carbocycles. The molecule has 1 heterocycles. The monoisotopic (exact) mass is 338 g/mol. The van der Waals surface area contributed by atoms with Crippen LogP contribution in [0.2, 0.25) is 0 Å². The Morgan fingerprint density at radius 1 is 0.792 bits per heavy atom. The van der Waals surface area contributed by atoms with Gasteiger partial charge in [0, 0.05) is 21.8 Å². The fourth-order valence-corrected chi connectivity index (χ4v) is 4.25. The van der Waals surface area contributed by atoms with Gasteiger partial charge in [0.2, 0.25) is 0 Å². The number of rotatable bonds is 2. The first-order chi connectivity index (χ1) is 11.6. The number of halogens is 2. The molecule has 1 aliphatic rings. The van der Waals surface area contributed by atoms with E-state index in [1.807, 2.05) is 6.92 Å². The molecule has 1 atom stereocenters. The van der Waals surface area contributed by atoms with E-state index in [0.717, 1.165) is 18.1 Å². The second-order valence-electron chi connectivity index (χ2n) is 6.18. The zero-order valence-electron chi connectivity index (χ0n) is 13.2. The second-order valence-corrected chi connectivity index (χ2v) is 7.26. The van der Waals surface area contributed by atoms with Crippen molar-refractivity contribution in [1.29, 1.82) is 0 Å². The molecule has 0 nitrogen and oxygen atoms in total. The van der Waals surface area contributed by atoms with Crippen molar-refractivity contribution >= 4 is 11.8 Å². The third kappa shape index (κ3) is 2.84. The molecule has 120 valence electrons. The number of hydrogen-bond donors (Lipinski definition) is 0. The quantitative estimate of drug-likeness (QED) is 0.421. The summed E-state index contributed by atoms with van der Waals surface area (Å²) in [6.45, 7) is 1.99. The van der Waals surface area contributed by atoms with E-state index in [4.69, 9.17) is 0 Å². The Bertz CT molecular complexity index is 897. The summed E-state index contributed by atoms with van der Waals surface area (Å²) in [7, 11) is 0. The molecule has 0 aliphatic carbocycles. The smallest absolute Gasteiger partial charge is 0.126 e. The Morgan fingerprint density at radius 3 is 2.29 bits per heavy atom. The highest BCUT2D eigenvalue weighted by atomic mass is 32.2. The van der Waals surface area contributed by atoms with Gasteiger partial charge in [-0.1, -0.05) is 49.0 Å². The number of benzene rings is 3. The van der Waals surface area contributed by atoms with Crippen LogP contribution in [0.1, 0.15) is 35.1 Å². The molecule has 0 fully saturated rings. The summed E-state index contributed by atoms with van der Waals surface area (Å²) in [5.41, 5.74) is 4.35. The summed E-state index contributed by atoms with van der Waals surface area (Å²) in [5, 5.41) is 0. The van der Waals surface area contributed by atoms with Gasteiger partial charge in [0.25, 0.3) is 0 Å². The van der Waals surface area contributed by atoms with Crippen molar-refractivity contribution in [3.63, 3.8) is 0 Å². The lowest BCUT2D eigenvalue weighted by Gasteiger charge is -2.21. The minimum absolute atomic E-state index is 0.0531. The molecule has 0 aromatic heterocycles. The van der Waals surface area contributed by atoms with Gasteiger partial charge < -0.3 is 0 Å². The second kappa shape index (κ2) is 6.06. The molecule has 24 heavy (non-hydrogen) atoms. The predicted molar refractivity (Wildman–Crippen MR) is 93.7 cm³/mol. The minimum Gasteiger partial charge on any atom is -0.207 e. The Morgan fingerprint density at radius 2 is 1.50 bits per heavy atom. The van der Waals surface area contributed by atoms with Gasteiger partial charge >= 0.3 is 0 Å². The van der Waals surface area contributed by atoms with Crippen molar-refractivity contribution < 1.29 is 8.78 Å². The highest BCUT2D eigenvalue weighted by molar-refractivity contribution is 7.99. The molecule has 4 rings (SSSR count). The van der Waals surface area contributed by atoms with Crippen LogP contribution in [0.3, 0.4) is 0 Å². The van der Waals surface area contributed by atoms with Crippen molar-refractivity contribution in [1.82, 2.24) is 0 Å². The zero-order valence-corrected chi connectivity index (χ0v) is 14.0. The highest BCUT2D eigenvalue weighted by Gasteiger charge is 2.18. The van der Waals surface area contributed by atoms with Gasteiger partial charge in [-0.25, -0.2) is 8.78 Å². The van der Waals surface area contributed by atoms with E-state index in [2.05, 4.69) is 42.5 Å². The minimum atomic E-state index is -0.528. The van der Waals surface area contributed by atoms with Crippen LogP contribution in [-0.4, -0.2) is 0 Å². The van der Waals surface area contributed by atoms with E-state index in [-0.39, 0.29) is 5.92 Å². The molecule has 0 saturated carbocycles. The maximum atomic E-state index is 13.5. The van der Waals surface area contributed by atoms with Gasteiger partial charge in [0.15, 0.2) is 0 Å². The summed E-state index contributed by atoms with van der Waals surface area (Å²) < 4.78 is 27.0. The van der Waals surface area contributed by atoms with Crippen LogP contribution >= 0.6 is 11.8 Å². The van der Waals surface area contributed by atoms with Crippen molar-refractivity contribution in [2.75, 3.05) is 0 Å². The van der Waals surface area contributed by atoms with Crippen molar-refractivity contribution in [3.8, 4) is 0 Å². The lowest BCUT2D eigenvalue weighted by atomic mass is 9.90. The summed E-state index contributed by atoms with van der Waals surface area (Å²) >= 11 is 1.78. The predicted octanol–water partition coefficient (Wildman–Crippen LogP) is 6.17. The molecule has 3 aromatic rings. The third-order valence-electron chi connectivity index (χ3n) is 4.54. The molecule has 1 unspecified atom stereocenters. The maximum Gasteiger partial charge on any atom is 0.126 e. The van der Waals surface area contributed by atoms with Crippen LogP contribution in [0.5, 0.6) is 0 Å². The molecule has 1 aliphatic heterocycles. The topological polar surface area (TPSA) is 0 Å². The standard InChI is InChI=1S/C21H16F2S/c1-13(16-10-18(22)12-19(23)11-16)14-6-7-21-17(8-14)9-15-4-2-3-5-20(15)24-21/h2-8,10-13H,9H2,1H3. The number of hydrogen-bond acceptors (Lipinski definition) is 1. The Labute approximate surface area is 144 Å². The van der Waals surface area contributed by atoms with Crippen LogP contribution in [0.4, 0.5) is 8.78 Å². The fourth-order valence-electron chi connectivity index (χ4n) is 3.20. The fraction of sp³-hybridized carbons (Fsp3) is 0.143. The first kappa shape index (κ1) is 15.4. The van der Waals surface area contributed by atoms with Crippen LogP contribution in [0, 0.1) is 11.6 Å². The Kier molecular flexibility index (Phi) is 3.89. The van der Waals surface area contributed by atoms with Gasteiger partial charge in [-0.15, -0.1) is 0 Å². The molecule has 0 amide bonds. The van der Waals surface area contributed by atoms with Gasteiger partial charge in [-0.05, 0) is 52.9 Å². The first-order valence-electron chi connectivity index (χ1n) is 7.95. The first-order valence-corrected chi connectivity index (χ1v) is 8.76.